The maximum absolute atomic E-state index is 10.0. The number of ketones is 2. The minimum absolute atomic E-state index is 0. The van der Waals surface area contributed by atoms with E-state index in [9.17, 15) is 9.59 Å². The fourth-order valence-electron chi connectivity index (χ4n) is 10.7. The van der Waals surface area contributed by atoms with Gasteiger partial charge in [-0.1, -0.05) is 256 Å². The number of hydrogen-bond acceptors (Lipinski definition) is 9. The fourth-order valence-corrected chi connectivity index (χ4v) is 10.7. The second kappa shape index (κ2) is 51.2. The first kappa shape index (κ1) is 93.0. The Hall–Kier alpha value is -10.4. The number of pyridine rings is 5. The van der Waals surface area contributed by atoms with Crippen LogP contribution in [0.4, 0.5) is 0 Å². The Morgan fingerprint density at radius 1 is 0.270 bits per heavy atom. The summed E-state index contributed by atoms with van der Waals surface area (Å²) in [6.07, 6.45) is 11.3. The summed E-state index contributed by atoms with van der Waals surface area (Å²) in [6, 6.07) is 125. The van der Waals surface area contributed by atoms with E-state index in [4.69, 9.17) is 10.2 Å². The average Bonchev–Trinajstić information content (AvgIpc) is 0.882. The van der Waals surface area contributed by atoms with Crippen LogP contribution in [0.15, 0.2) is 376 Å². The van der Waals surface area contributed by atoms with Crippen molar-refractivity contribution in [3.8, 4) is 112 Å². The van der Waals surface area contributed by atoms with E-state index in [-0.39, 0.29) is 124 Å². The molecule has 0 saturated heterocycles. The van der Waals surface area contributed by atoms with Crippen molar-refractivity contribution in [3.63, 3.8) is 0 Å². The Bertz CT molecular complexity index is 4730. The maximum Gasteiger partial charge on any atom is 0.155 e. The van der Waals surface area contributed by atoms with E-state index in [1.807, 2.05) is 176 Å². The molecule has 0 bridgehead atoms. The van der Waals surface area contributed by atoms with Crippen molar-refractivity contribution < 1.29 is 120 Å². The molecule has 0 aliphatic carbocycles. The van der Waals surface area contributed by atoms with E-state index in [0.717, 1.165) is 56.3 Å². The van der Waals surface area contributed by atoms with Crippen molar-refractivity contribution in [1.29, 1.82) is 0 Å². The van der Waals surface area contributed by atoms with Gasteiger partial charge < -0.3 is 35.1 Å². The predicted octanol–water partition coefficient (Wildman–Crippen LogP) is 23.8. The summed E-state index contributed by atoms with van der Waals surface area (Å²) in [5.74, 6) is -0.125. The van der Waals surface area contributed by atoms with Crippen LogP contribution >= 0.6 is 0 Å². The number of aryl methyl sites for hydroxylation is 2. The molecule has 2 N–H and O–H groups in total. The van der Waals surface area contributed by atoms with Gasteiger partial charge in [0, 0.05) is 144 Å². The first-order valence-electron chi connectivity index (χ1n) is 34.4. The van der Waals surface area contributed by atoms with E-state index >= 15 is 0 Å². The van der Waals surface area contributed by atoms with Crippen LogP contribution in [0.1, 0.15) is 38.8 Å². The van der Waals surface area contributed by atoms with Crippen LogP contribution in [-0.4, -0.2) is 46.7 Å². The smallest absolute Gasteiger partial charge is 0.155 e. The van der Waals surface area contributed by atoms with E-state index in [2.05, 4.69) is 215 Å². The molecule has 15 aromatic rings. The van der Waals surface area contributed by atoms with Crippen molar-refractivity contribution in [3.05, 3.63) is 418 Å². The fraction of sp³-hybridized carbons (Fsp3) is 0.0619. The summed E-state index contributed by atoms with van der Waals surface area (Å²) in [5.41, 5.74) is 24.5. The SMILES string of the molecule is CC(=O)C=C(C)O.CC(=O)C=C(C)O.Cc1ccccc1-c1c[c-]c(-c2ccccn2)cc1.Cc1ccccc1-c1c[c-]c(-c2ccccn2)cc1.[Ir].[Ir].[Ir].[Ir].[Ir].[c-]1cc(-c2ccccc2)ccc1-c1ccccn1.[c-]1cc(-c2ccccc2)ccc1-c1ccccn1.[c-]1ccc(-c2ccccc2)cc1-c1ccccn1. The van der Waals surface area contributed by atoms with Crippen LogP contribution in [-0.2, 0) is 110 Å². The van der Waals surface area contributed by atoms with E-state index < -0.39 is 0 Å². The molecular formula is C97H80Ir5N5O4-5. The molecule has 5 heterocycles. The summed E-state index contributed by atoms with van der Waals surface area (Å²) >= 11 is 0. The Balaban J connectivity index is 0.000000277. The van der Waals surface area contributed by atoms with E-state index in [1.54, 1.807) is 31.0 Å². The molecule has 14 heteroatoms. The quantitative estimate of drug-likeness (QED) is 0.0695. The summed E-state index contributed by atoms with van der Waals surface area (Å²) in [6.45, 7) is 9.95. The molecule has 0 amide bonds. The minimum atomic E-state index is -0.125. The molecule has 5 aromatic heterocycles. The summed E-state index contributed by atoms with van der Waals surface area (Å²) in [7, 11) is 0. The van der Waals surface area contributed by atoms with Crippen LogP contribution in [0.3, 0.4) is 0 Å². The number of nitrogens with zero attached hydrogens (tertiary/aromatic N) is 5. The van der Waals surface area contributed by atoms with Crippen molar-refractivity contribution in [1.82, 2.24) is 24.9 Å². The van der Waals surface area contributed by atoms with Gasteiger partial charge in [0.25, 0.3) is 0 Å². The average molecular weight is 2340 g/mol. The largest absolute Gasteiger partial charge is 0.512 e. The van der Waals surface area contributed by atoms with Crippen LogP contribution in [0.5, 0.6) is 0 Å². The van der Waals surface area contributed by atoms with Gasteiger partial charge in [0.2, 0.25) is 0 Å². The van der Waals surface area contributed by atoms with Gasteiger partial charge in [-0.3, -0.25) is 9.59 Å². The standard InChI is InChI=1S/2C18H14N.3C17H12N.2C5H8O2.5Ir/c2*1-14-6-2-3-7-17(14)15-9-11-16(12-10-15)18-8-4-5-13-19-18;1-2-7-14(8-3-1)15-9-6-10-16(13-15)17-11-4-5-12-18-17;2*1-2-6-14(7-3-1)15-9-11-16(12-10-15)17-8-4-5-13-18-17;2*1-4(6)3-5(2)7;;;;;/h2*2-11,13H,1H3;1-9,11-13H;2*1-11,13H;2*3,6H,1-2H3;;;;;/q5*-1;;;;;;;. The van der Waals surface area contributed by atoms with Gasteiger partial charge in [-0.05, 0) is 106 Å². The number of allylic oxidation sites excluding steroid dienone is 4. The van der Waals surface area contributed by atoms with Gasteiger partial charge in [-0.2, -0.15) is 0 Å². The molecular weight excluding hydrogens is 2260 g/mol. The zero-order chi connectivity index (χ0) is 74.5. The summed E-state index contributed by atoms with van der Waals surface area (Å²) in [4.78, 5) is 41.7. The number of aromatic nitrogens is 5. The molecule has 567 valence electrons. The zero-order valence-electron chi connectivity index (χ0n) is 61.8. The number of benzene rings is 10. The molecule has 0 spiro atoms. The van der Waals surface area contributed by atoms with Crippen molar-refractivity contribution >= 4 is 11.6 Å². The Kier molecular flexibility index (Phi) is 42.9. The molecule has 9 nitrogen and oxygen atoms in total. The molecule has 0 aliphatic heterocycles. The van der Waals surface area contributed by atoms with Crippen LogP contribution < -0.4 is 0 Å². The molecule has 10 aromatic carbocycles. The van der Waals surface area contributed by atoms with Gasteiger partial charge in [0.15, 0.2) is 11.6 Å². The van der Waals surface area contributed by atoms with Gasteiger partial charge in [-0.15, -0.1) is 155 Å². The molecule has 15 rings (SSSR count). The number of aliphatic hydroxyl groups excluding tert-OH is 2. The number of carbonyl (C=O) groups excluding carboxylic acids is 2. The zero-order valence-corrected chi connectivity index (χ0v) is 73.7. The maximum atomic E-state index is 10.0. The van der Waals surface area contributed by atoms with Gasteiger partial charge >= 0.3 is 0 Å². The molecule has 0 unspecified atom stereocenters. The molecule has 0 atom stereocenters. The third kappa shape index (κ3) is 31.5. The Labute approximate surface area is 721 Å². The minimum Gasteiger partial charge on any atom is -0.512 e. The second-order valence-electron chi connectivity index (χ2n) is 24.1. The monoisotopic (exact) mass is 2340 g/mol. The van der Waals surface area contributed by atoms with E-state index in [0.29, 0.717) is 0 Å². The Morgan fingerprint density at radius 2 is 0.532 bits per heavy atom. The van der Waals surface area contributed by atoms with Crippen LogP contribution in [0, 0.1) is 44.2 Å². The summed E-state index contributed by atoms with van der Waals surface area (Å²) < 4.78 is 0. The van der Waals surface area contributed by atoms with Crippen molar-refractivity contribution in [2.45, 2.75) is 41.5 Å². The van der Waals surface area contributed by atoms with Gasteiger partial charge in [0.1, 0.15) is 0 Å². The summed E-state index contributed by atoms with van der Waals surface area (Å²) in [5, 5.41) is 16.7. The molecule has 111 heavy (non-hydrogen) atoms. The predicted molar refractivity (Wildman–Crippen MR) is 433 cm³/mol. The first-order chi connectivity index (χ1) is 51.7. The number of rotatable bonds is 12. The normalized spacial score (nSPS) is 9.96. The van der Waals surface area contributed by atoms with Crippen LogP contribution in [0.25, 0.3) is 112 Å². The molecule has 5 radical (unpaired) electrons. The van der Waals surface area contributed by atoms with E-state index in [1.165, 1.54) is 107 Å². The van der Waals surface area contributed by atoms with Gasteiger partial charge in [0.05, 0.1) is 11.5 Å². The molecule has 0 saturated carbocycles. The third-order valence-corrected chi connectivity index (χ3v) is 15.8. The van der Waals surface area contributed by atoms with Crippen LogP contribution in [0.2, 0.25) is 0 Å². The second-order valence-corrected chi connectivity index (χ2v) is 24.1. The van der Waals surface area contributed by atoms with Crippen molar-refractivity contribution in [2.24, 2.45) is 0 Å². The number of aliphatic hydroxyl groups is 2. The Morgan fingerprint density at radius 3 is 0.775 bits per heavy atom. The topological polar surface area (TPSA) is 139 Å². The first-order valence-corrected chi connectivity index (χ1v) is 34.4. The number of carbonyl (C=O) groups is 2. The number of hydrogen-bond donors (Lipinski definition) is 2. The van der Waals surface area contributed by atoms with Crippen molar-refractivity contribution in [2.75, 3.05) is 0 Å². The molecule has 0 fully saturated rings. The molecule has 0 aliphatic rings. The van der Waals surface area contributed by atoms with Gasteiger partial charge in [-0.25, -0.2) is 0 Å². The third-order valence-electron chi connectivity index (χ3n) is 15.8.